The van der Waals surface area contributed by atoms with E-state index in [9.17, 15) is 26.7 Å². The first-order chi connectivity index (χ1) is 20.2. The zero-order valence-electron chi connectivity index (χ0n) is 24.0. The fraction of sp³-hybridized carbons (Fsp3) is 0.406. The van der Waals surface area contributed by atoms with Gasteiger partial charge in [0, 0.05) is 0 Å². The van der Waals surface area contributed by atoms with Crippen molar-refractivity contribution >= 4 is 5.97 Å². The lowest BCUT2D eigenvalue weighted by Gasteiger charge is -2.14. The van der Waals surface area contributed by atoms with Gasteiger partial charge in [0.15, 0.2) is 23.3 Å². The summed E-state index contributed by atoms with van der Waals surface area (Å²) >= 11 is 0. The van der Waals surface area contributed by atoms with Gasteiger partial charge in [-0.1, -0.05) is 43.6 Å². The first-order valence-corrected chi connectivity index (χ1v) is 13.7. The lowest BCUT2D eigenvalue weighted by molar-refractivity contribution is 0.0457. The van der Waals surface area contributed by atoms with E-state index < -0.39 is 47.2 Å². The molecule has 0 N–H and O–H groups in total. The highest BCUT2D eigenvalue weighted by molar-refractivity contribution is 5.93. The molecule has 0 amide bonds. The van der Waals surface area contributed by atoms with Gasteiger partial charge >= 0.3 is 5.97 Å². The van der Waals surface area contributed by atoms with Crippen molar-refractivity contribution in [1.29, 1.82) is 0 Å². The number of rotatable bonds is 19. The maximum atomic E-state index is 14.1. The Bertz CT molecular complexity index is 1210. The Morgan fingerprint density at radius 3 is 2.24 bits per heavy atom. The van der Waals surface area contributed by atoms with E-state index in [4.69, 9.17) is 18.9 Å². The summed E-state index contributed by atoms with van der Waals surface area (Å²) in [6.45, 7) is 7.42. The molecule has 10 heteroatoms. The summed E-state index contributed by atoms with van der Waals surface area (Å²) in [6.07, 6.45) is 13.5. The van der Waals surface area contributed by atoms with Crippen LogP contribution in [0.2, 0.25) is 0 Å². The predicted molar refractivity (Wildman–Crippen MR) is 150 cm³/mol. The average Bonchev–Trinajstić information content (AvgIpc) is 2.99. The Hall–Kier alpha value is -3.66. The topological polar surface area (TPSA) is 54.0 Å². The fourth-order valence-corrected chi connectivity index (χ4v) is 3.73. The van der Waals surface area contributed by atoms with Crippen LogP contribution in [-0.4, -0.2) is 32.4 Å². The molecule has 0 bridgehead atoms. The average molecular weight is 597 g/mol. The van der Waals surface area contributed by atoms with Gasteiger partial charge in [-0.15, -0.1) is 6.58 Å². The van der Waals surface area contributed by atoms with Crippen LogP contribution in [0, 0.1) is 29.1 Å². The second-order valence-electron chi connectivity index (χ2n) is 9.42. The third-order valence-electron chi connectivity index (χ3n) is 6.08. The van der Waals surface area contributed by atoms with Crippen LogP contribution in [0.1, 0.15) is 68.3 Å². The number of ether oxygens (including phenoxy) is 4. The van der Waals surface area contributed by atoms with Gasteiger partial charge < -0.3 is 18.9 Å². The molecule has 42 heavy (non-hydrogen) atoms. The molecule has 0 unspecified atom stereocenters. The number of esters is 1. The second kappa shape index (κ2) is 18.7. The largest absolute Gasteiger partial charge is 0.493 e. The predicted octanol–water partition coefficient (Wildman–Crippen LogP) is 8.56. The number of hydrogen-bond donors (Lipinski definition) is 0. The highest BCUT2D eigenvalue weighted by atomic mass is 19.2. The van der Waals surface area contributed by atoms with Crippen molar-refractivity contribution in [2.24, 2.45) is 0 Å². The Kier molecular flexibility index (Phi) is 15.4. The number of hydrogen-bond acceptors (Lipinski definition) is 5. The lowest BCUT2D eigenvalue weighted by atomic mass is 10.1. The normalized spacial score (nSPS) is 11.6. The minimum Gasteiger partial charge on any atom is -0.493 e. The molecule has 0 aromatic heterocycles. The molecule has 0 aliphatic rings. The van der Waals surface area contributed by atoms with Crippen molar-refractivity contribution in [2.75, 3.05) is 26.4 Å². The summed E-state index contributed by atoms with van der Waals surface area (Å²) in [7, 11) is 0. The van der Waals surface area contributed by atoms with Crippen LogP contribution < -0.4 is 9.47 Å². The van der Waals surface area contributed by atoms with Crippen LogP contribution in [0.5, 0.6) is 11.5 Å². The first kappa shape index (κ1) is 34.5. The molecule has 0 spiro atoms. The van der Waals surface area contributed by atoms with E-state index in [1.54, 1.807) is 12.1 Å². The monoisotopic (exact) mass is 596 g/mol. The summed E-state index contributed by atoms with van der Waals surface area (Å²) in [5.74, 6) is -11.4. The summed E-state index contributed by atoms with van der Waals surface area (Å²) in [5, 5.41) is 0. The van der Waals surface area contributed by atoms with Gasteiger partial charge in [0.2, 0.25) is 5.82 Å². The van der Waals surface area contributed by atoms with Crippen molar-refractivity contribution in [3.05, 3.63) is 94.9 Å². The Labute approximate surface area is 243 Å². The van der Waals surface area contributed by atoms with Crippen molar-refractivity contribution in [3.8, 4) is 11.5 Å². The third-order valence-corrected chi connectivity index (χ3v) is 6.08. The summed E-state index contributed by atoms with van der Waals surface area (Å²) in [6, 6.07) is 4.41. The number of carbonyl (C=O) groups is 1. The molecule has 0 aliphatic carbocycles. The minimum atomic E-state index is -2.30. The van der Waals surface area contributed by atoms with Crippen molar-refractivity contribution in [1.82, 2.24) is 0 Å². The van der Waals surface area contributed by atoms with E-state index in [1.807, 2.05) is 26.0 Å². The second-order valence-corrected chi connectivity index (χ2v) is 9.42. The number of benzene rings is 2. The van der Waals surface area contributed by atoms with Gasteiger partial charge in [-0.05, 0) is 56.9 Å². The van der Waals surface area contributed by atoms with Crippen LogP contribution in [-0.2, 0) is 16.1 Å². The van der Waals surface area contributed by atoms with Crippen molar-refractivity contribution < 1.29 is 45.7 Å². The SMILES string of the molecule is C=CCOC/C=C(/C)COc1ccc(OCCCCCCC/C=C/C)c(C(=O)OCc2c(F)c(F)c(F)c(F)c2F)c1. The van der Waals surface area contributed by atoms with Crippen molar-refractivity contribution in [2.45, 2.75) is 59.0 Å². The highest BCUT2D eigenvalue weighted by Gasteiger charge is 2.27. The van der Waals surface area contributed by atoms with Crippen LogP contribution in [0.15, 0.2) is 54.7 Å². The molecule has 0 fully saturated rings. The standard InChI is InChI=1S/C32H37F5O5/c1-4-6-7-8-9-10-11-12-17-40-26-14-13-23(41-20-22(3)15-18-39-16-5-2)19-24(26)32(38)42-21-25-27(33)29(35)31(37)30(36)28(25)34/h4-6,13-15,19H,2,7-12,16-18,20-21H2,1,3H3/b6-4+,22-15-. The molecule has 2 rings (SSSR count). The summed E-state index contributed by atoms with van der Waals surface area (Å²) in [4.78, 5) is 12.9. The molecule has 230 valence electrons. The molecule has 0 saturated heterocycles. The van der Waals surface area contributed by atoms with E-state index in [2.05, 4.69) is 12.7 Å². The summed E-state index contributed by atoms with van der Waals surface area (Å²) < 4.78 is 90.5. The third kappa shape index (κ3) is 11.0. The summed E-state index contributed by atoms with van der Waals surface area (Å²) in [5.41, 5.74) is -0.539. The Morgan fingerprint density at radius 1 is 0.881 bits per heavy atom. The molecular weight excluding hydrogens is 559 g/mol. The highest BCUT2D eigenvalue weighted by Crippen LogP contribution is 2.28. The molecule has 5 nitrogen and oxygen atoms in total. The van der Waals surface area contributed by atoms with Crippen LogP contribution in [0.4, 0.5) is 22.0 Å². The molecule has 2 aromatic rings. The number of unbranched alkanes of at least 4 members (excludes halogenated alkanes) is 5. The maximum absolute atomic E-state index is 14.1. The minimum absolute atomic E-state index is 0.126. The van der Waals surface area contributed by atoms with Gasteiger partial charge in [0.1, 0.15) is 30.3 Å². The van der Waals surface area contributed by atoms with Crippen LogP contribution >= 0.6 is 0 Å². The van der Waals surface area contributed by atoms with Gasteiger partial charge in [0.05, 0.1) is 25.4 Å². The van der Waals surface area contributed by atoms with Gasteiger partial charge in [-0.3, -0.25) is 0 Å². The van der Waals surface area contributed by atoms with E-state index in [1.165, 1.54) is 12.1 Å². The van der Waals surface area contributed by atoms with Gasteiger partial charge in [-0.2, -0.15) is 0 Å². The maximum Gasteiger partial charge on any atom is 0.342 e. The fourth-order valence-electron chi connectivity index (χ4n) is 3.73. The molecule has 0 saturated carbocycles. The lowest BCUT2D eigenvalue weighted by Crippen LogP contribution is -2.13. The number of carbonyl (C=O) groups excluding carboxylic acids is 1. The zero-order valence-corrected chi connectivity index (χ0v) is 24.0. The Morgan fingerprint density at radius 2 is 1.55 bits per heavy atom. The van der Waals surface area contributed by atoms with E-state index >= 15 is 0 Å². The quantitative estimate of drug-likeness (QED) is 0.0406. The van der Waals surface area contributed by atoms with E-state index in [-0.39, 0.29) is 23.7 Å². The molecule has 0 aliphatic heterocycles. The Balaban J connectivity index is 2.12. The molecule has 0 radical (unpaired) electrons. The van der Waals surface area contributed by atoms with Gasteiger partial charge in [-0.25, -0.2) is 26.7 Å². The number of halogens is 5. The van der Waals surface area contributed by atoms with E-state index in [0.29, 0.717) is 19.8 Å². The van der Waals surface area contributed by atoms with Crippen LogP contribution in [0.25, 0.3) is 0 Å². The van der Waals surface area contributed by atoms with Gasteiger partial charge in [0.25, 0.3) is 0 Å². The molecular formula is C32H37F5O5. The molecule has 0 atom stereocenters. The van der Waals surface area contributed by atoms with Crippen molar-refractivity contribution in [3.63, 3.8) is 0 Å². The molecule has 2 aromatic carbocycles. The smallest absolute Gasteiger partial charge is 0.342 e. The molecule has 0 heterocycles. The first-order valence-electron chi connectivity index (χ1n) is 13.7. The number of allylic oxidation sites excluding steroid dienone is 2. The van der Waals surface area contributed by atoms with E-state index in [0.717, 1.165) is 44.1 Å². The van der Waals surface area contributed by atoms with Crippen LogP contribution in [0.3, 0.4) is 0 Å². The zero-order chi connectivity index (χ0) is 30.9.